The Morgan fingerprint density at radius 2 is 1.84 bits per heavy atom. The van der Waals surface area contributed by atoms with E-state index in [0.717, 1.165) is 26.1 Å². The first-order valence-electron chi connectivity index (χ1n) is 9.62. The minimum atomic E-state index is 0.0718. The largest absolute Gasteiger partial charge is 0.334 e. The van der Waals surface area contributed by atoms with Crippen LogP contribution in [0.2, 0.25) is 0 Å². The van der Waals surface area contributed by atoms with Crippen molar-refractivity contribution in [2.24, 2.45) is 0 Å². The van der Waals surface area contributed by atoms with Crippen molar-refractivity contribution in [3.05, 3.63) is 35.4 Å². The summed E-state index contributed by atoms with van der Waals surface area (Å²) in [5.41, 5.74) is 2.58. The molecule has 1 atom stereocenters. The van der Waals surface area contributed by atoms with Crippen LogP contribution in [0.4, 0.5) is 4.79 Å². The van der Waals surface area contributed by atoms with E-state index in [1.807, 2.05) is 4.90 Å². The number of benzene rings is 1. The number of rotatable bonds is 5. The zero-order chi connectivity index (χ0) is 17.6. The Balaban J connectivity index is 1.55. The third kappa shape index (κ3) is 4.95. The molecular formula is C20H32N4O. The summed E-state index contributed by atoms with van der Waals surface area (Å²) in [5.74, 6) is 0. The van der Waals surface area contributed by atoms with Crippen LogP contribution in [-0.2, 0) is 13.1 Å². The first kappa shape index (κ1) is 18.2. The van der Waals surface area contributed by atoms with E-state index in [0.29, 0.717) is 12.6 Å². The van der Waals surface area contributed by atoms with Crippen LogP contribution in [0.3, 0.4) is 0 Å². The molecular weight excluding hydrogens is 312 g/mol. The lowest BCUT2D eigenvalue weighted by Gasteiger charge is -2.36. The molecule has 2 heterocycles. The third-order valence-corrected chi connectivity index (χ3v) is 5.56. The Morgan fingerprint density at radius 3 is 2.56 bits per heavy atom. The molecule has 1 aromatic rings. The van der Waals surface area contributed by atoms with E-state index >= 15 is 0 Å². The first-order chi connectivity index (χ1) is 12.1. The summed E-state index contributed by atoms with van der Waals surface area (Å²) in [4.78, 5) is 19.3. The molecule has 0 spiro atoms. The fourth-order valence-corrected chi connectivity index (χ4v) is 3.91. The Morgan fingerprint density at radius 1 is 1.12 bits per heavy atom. The smallest absolute Gasteiger partial charge is 0.317 e. The van der Waals surface area contributed by atoms with Gasteiger partial charge in [0.25, 0.3) is 0 Å². The maximum absolute atomic E-state index is 12.6. The number of carbonyl (C=O) groups excluding carboxylic acids is 1. The van der Waals surface area contributed by atoms with Crippen LogP contribution in [0.25, 0.3) is 0 Å². The summed E-state index contributed by atoms with van der Waals surface area (Å²) < 4.78 is 0. The van der Waals surface area contributed by atoms with E-state index in [-0.39, 0.29) is 6.03 Å². The topological polar surface area (TPSA) is 38.8 Å². The van der Waals surface area contributed by atoms with Crippen LogP contribution in [-0.4, -0.2) is 67.0 Å². The van der Waals surface area contributed by atoms with E-state index in [1.54, 1.807) is 0 Å². The number of amides is 2. The Labute approximate surface area is 152 Å². The monoisotopic (exact) mass is 344 g/mol. The van der Waals surface area contributed by atoms with Gasteiger partial charge in [-0.3, -0.25) is 4.90 Å². The minimum Gasteiger partial charge on any atom is -0.334 e. The molecule has 2 fully saturated rings. The summed E-state index contributed by atoms with van der Waals surface area (Å²) in [5, 5.41) is 3.14. The number of piperidine rings is 1. The molecule has 2 amide bonds. The van der Waals surface area contributed by atoms with Gasteiger partial charge in [0.05, 0.1) is 0 Å². The average Bonchev–Trinajstić information content (AvgIpc) is 3.14. The maximum atomic E-state index is 12.6. The molecule has 5 nitrogen and oxygen atoms in total. The Kier molecular flexibility index (Phi) is 6.32. The van der Waals surface area contributed by atoms with E-state index in [9.17, 15) is 4.79 Å². The lowest BCUT2D eigenvalue weighted by Crippen LogP contribution is -2.50. The van der Waals surface area contributed by atoms with E-state index in [1.165, 1.54) is 43.5 Å². The van der Waals surface area contributed by atoms with Gasteiger partial charge < -0.3 is 15.1 Å². The van der Waals surface area contributed by atoms with Crippen molar-refractivity contribution in [3.63, 3.8) is 0 Å². The second-order valence-corrected chi connectivity index (χ2v) is 7.62. The number of hydrogen-bond acceptors (Lipinski definition) is 3. The number of likely N-dealkylation sites (tertiary alicyclic amines) is 2. The lowest BCUT2D eigenvalue weighted by atomic mass is 10.1. The molecule has 0 aliphatic carbocycles. The first-order valence-corrected chi connectivity index (χ1v) is 9.62. The number of carbonyl (C=O) groups is 1. The molecule has 2 saturated heterocycles. The van der Waals surface area contributed by atoms with Gasteiger partial charge in [0.15, 0.2) is 0 Å². The molecule has 3 rings (SSSR count). The van der Waals surface area contributed by atoms with Crippen molar-refractivity contribution in [2.75, 3.05) is 40.3 Å². The van der Waals surface area contributed by atoms with Crippen LogP contribution >= 0.6 is 0 Å². The molecule has 138 valence electrons. The van der Waals surface area contributed by atoms with Crippen LogP contribution in [0.5, 0.6) is 0 Å². The SMILES string of the molecule is CN(C)C1CCCN(C(=O)NCc2ccccc2CN2CCCC2)C1. The second kappa shape index (κ2) is 8.68. The second-order valence-electron chi connectivity index (χ2n) is 7.62. The zero-order valence-electron chi connectivity index (χ0n) is 15.7. The fourth-order valence-electron chi connectivity index (χ4n) is 3.91. The molecule has 1 N–H and O–H groups in total. The number of hydrogen-bond donors (Lipinski definition) is 1. The van der Waals surface area contributed by atoms with Crippen molar-refractivity contribution in [3.8, 4) is 0 Å². The molecule has 2 aliphatic rings. The van der Waals surface area contributed by atoms with Gasteiger partial charge in [-0.05, 0) is 64.0 Å². The minimum absolute atomic E-state index is 0.0718. The van der Waals surface area contributed by atoms with Crippen molar-refractivity contribution in [2.45, 2.75) is 44.8 Å². The average molecular weight is 345 g/mol. The van der Waals surface area contributed by atoms with Crippen molar-refractivity contribution in [1.29, 1.82) is 0 Å². The van der Waals surface area contributed by atoms with Gasteiger partial charge in [0.1, 0.15) is 0 Å². The predicted molar refractivity (Wildman–Crippen MR) is 101 cm³/mol. The van der Waals surface area contributed by atoms with Crippen LogP contribution in [0.1, 0.15) is 36.8 Å². The van der Waals surface area contributed by atoms with Gasteiger partial charge in [-0.2, -0.15) is 0 Å². The molecule has 5 heteroatoms. The Bertz CT molecular complexity index is 569. The summed E-state index contributed by atoms with van der Waals surface area (Å²) in [6.45, 7) is 5.70. The zero-order valence-corrected chi connectivity index (χ0v) is 15.7. The van der Waals surface area contributed by atoms with Crippen molar-refractivity contribution in [1.82, 2.24) is 20.0 Å². The maximum Gasteiger partial charge on any atom is 0.317 e. The third-order valence-electron chi connectivity index (χ3n) is 5.56. The molecule has 1 aromatic carbocycles. The van der Waals surface area contributed by atoms with E-state index < -0.39 is 0 Å². The summed E-state index contributed by atoms with van der Waals surface area (Å²) in [7, 11) is 4.20. The number of nitrogens with one attached hydrogen (secondary N) is 1. The summed E-state index contributed by atoms with van der Waals surface area (Å²) >= 11 is 0. The highest BCUT2D eigenvalue weighted by molar-refractivity contribution is 5.74. The van der Waals surface area contributed by atoms with Gasteiger partial charge in [-0.15, -0.1) is 0 Å². The molecule has 2 aliphatic heterocycles. The molecule has 0 radical (unpaired) electrons. The highest BCUT2D eigenvalue weighted by atomic mass is 16.2. The standard InChI is InChI=1S/C20H32N4O/c1-22(2)19-10-7-13-24(16-19)20(25)21-14-17-8-3-4-9-18(17)15-23-11-5-6-12-23/h3-4,8-9,19H,5-7,10-16H2,1-2H3,(H,21,25). The lowest BCUT2D eigenvalue weighted by molar-refractivity contribution is 0.140. The van der Waals surface area contributed by atoms with Gasteiger partial charge >= 0.3 is 6.03 Å². The number of likely N-dealkylation sites (N-methyl/N-ethyl adjacent to an activating group) is 1. The van der Waals surface area contributed by atoms with Crippen molar-refractivity contribution >= 4 is 6.03 Å². The van der Waals surface area contributed by atoms with Gasteiger partial charge in [0.2, 0.25) is 0 Å². The van der Waals surface area contributed by atoms with Gasteiger partial charge in [-0.25, -0.2) is 4.79 Å². The molecule has 25 heavy (non-hydrogen) atoms. The molecule has 0 aromatic heterocycles. The highest BCUT2D eigenvalue weighted by Gasteiger charge is 2.24. The highest BCUT2D eigenvalue weighted by Crippen LogP contribution is 2.17. The van der Waals surface area contributed by atoms with Crippen LogP contribution in [0, 0.1) is 0 Å². The van der Waals surface area contributed by atoms with Crippen LogP contribution < -0.4 is 5.32 Å². The fraction of sp³-hybridized carbons (Fsp3) is 0.650. The van der Waals surface area contributed by atoms with Crippen molar-refractivity contribution < 1.29 is 4.79 Å². The summed E-state index contributed by atoms with van der Waals surface area (Å²) in [6, 6.07) is 9.05. The molecule has 0 bridgehead atoms. The van der Waals surface area contributed by atoms with Gasteiger partial charge in [0, 0.05) is 32.2 Å². The molecule has 1 unspecified atom stereocenters. The number of nitrogens with zero attached hydrogens (tertiary/aromatic N) is 3. The van der Waals surface area contributed by atoms with Crippen LogP contribution in [0.15, 0.2) is 24.3 Å². The Hall–Kier alpha value is -1.59. The number of urea groups is 1. The normalized spacial score (nSPS) is 21.7. The van der Waals surface area contributed by atoms with Gasteiger partial charge in [-0.1, -0.05) is 24.3 Å². The predicted octanol–water partition coefficient (Wildman–Crippen LogP) is 2.52. The summed E-state index contributed by atoms with van der Waals surface area (Å²) in [6.07, 6.45) is 4.87. The van der Waals surface area contributed by atoms with E-state index in [4.69, 9.17) is 0 Å². The molecule has 0 saturated carbocycles. The van der Waals surface area contributed by atoms with E-state index in [2.05, 4.69) is 53.5 Å². The quantitative estimate of drug-likeness (QED) is 0.892.